The Morgan fingerprint density at radius 2 is 2.33 bits per heavy atom. The van der Waals surface area contributed by atoms with Crippen LogP contribution in [0.4, 0.5) is 0 Å². The standard InChI is InChI=1S/C8H17NO3/c1-2-3-6-12-8(11)7-9-4-5-10/h9-10H,2-7H2,1H3. The van der Waals surface area contributed by atoms with Crippen LogP contribution < -0.4 is 5.32 Å². The van der Waals surface area contributed by atoms with Crippen molar-refractivity contribution >= 4 is 5.97 Å². The monoisotopic (exact) mass is 175 g/mol. The molecule has 0 unspecified atom stereocenters. The van der Waals surface area contributed by atoms with Crippen LogP contribution in [0.5, 0.6) is 0 Å². The van der Waals surface area contributed by atoms with Crippen molar-refractivity contribution in [2.75, 3.05) is 26.3 Å². The number of aliphatic hydroxyl groups is 1. The summed E-state index contributed by atoms with van der Waals surface area (Å²) < 4.78 is 4.85. The summed E-state index contributed by atoms with van der Waals surface area (Å²) in [6.07, 6.45) is 1.93. The normalized spacial score (nSPS) is 9.83. The van der Waals surface area contributed by atoms with Crippen LogP contribution in [-0.2, 0) is 9.53 Å². The number of nitrogens with one attached hydrogen (secondary N) is 1. The molecule has 0 heterocycles. The summed E-state index contributed by atoms with van der Waals surface area (Å²) in [7, 11) is 0. The second-order valence-corrected chi connectivity index (χ2v) is 2.47. The summed E-state index contributed by atoms with van der Waals surface area (Å²) in [4.78, 5) is 10.8. The Morgan fingerprint density at radius 3 is 2.92 bits per heavy atom. The number of hydrogen-bond acceptors (Lipinski definition) is 4. The van der Waals surface area contributed by atoms with E-state index in [1.165, 1.54) is 0 Å². The molecular weight excluding hydrogens is 158 g/mol. The van der Waals surface area contributed by atoms with Crippen LogP contribution in [-0.4, -0.2) is 37.4 Å². The summed E-state index contributed by atoms with van der Waals surface area (Å²) >= 11 is 0. The molecular formula is C8H17NO3. The molecule has 0 amide bonds. The number of aliphatic hydroxyl groups excluding tert-OH is 1. The smallest absolute Gasteiger partial charge is 0.319 e. The molecule has 0 aliphatic rings. The Bertz CT molecular complexity index is 105. The maximum atomic E-state index is 10.8. The average Bonchev–Trinajstić information content (AvgIpc) is 2.06. The van der Waals surface area contributed by atoms with Crippen molar-refractivity contribution in [3.8, 4) is 0 Å². The quantitative estimate of drug-likeness (QED) is 0.419. The van der Waals surface area contributed by atoms with Gasteiger partial charge in [-0.1, -0.05) is 13.3 Å². The number of unbranched alkanes of at least 4 members (excludes halogenated alkanes) is 1. The average molecular weight is 175 g/mol. The van der Waals surface area contributed by atoms with Crippen LogP contribution in [0.15, 0.2) is 0 Å². The van der Waals surface area contributed by atoms with Crippen LogP contribution >= 0.6 is 0 Å². The predicted octanol–water partition coefficient (Wildman–Crippen LogP) is -0.0884. The van der Waals surface area contributed by atoms with E-state index in [1.54, 1.807) is 0 Å². The van der Waals surface area contributed by atoms with Gasteiger partial charge in [0.25, 0.3) is 0 Å². The van der Waals surface area contributed by atoms with Gasteiger partial charge in [0.15, 0.2) is 0 Å². The van der Waals surface area contributed by atoms with Gasteiger partial charge in [-0.15, -0.1) is 0 Å². The molecule has 0 fully saturated rings. The van der Waals surface area contributed by atoms with Crippen LogP contribution in [0.1, 0.15) is 19.8 Å². The van der Waals surface area contributed by atoms with Gasteiger partial charge < -0.3 is 15.2 Å². The highest BCUT2D eigenvalue weighted by molar-refractivity contribution is 5.71. The first kappa shape index (κ1) is 11.4. The van der Waals surface area contributed by atoms with Gasteiger partial charge in [0.1, 0.15) is 0 Å². The third-order valence-electron chi connectivity index (χ3n) is 1.32. The van der Waals surface area contributed by atoms with Crippen molar-refractivity contribution < 1.29 is 14.6 Å². The second-order valence-electron chi connectivity index (χ2n) is 2.47. The third-order valence-corrected chi connectivity index (χ3v) is 1.32. The fraction of sp³-hybridized carbons (Fsp3) is 0.875. The molecule has 0 aromatic heterocycles. The molecule has 0 rings (SSSR count). The number of rotatable bonds is 7. The number of ether oxygens (including phenoxy) is 1. The van der Waals surface area contributed by atoms with E-state index in [4.69, 9.17) is 9.84 Å². The maximum absolute atomic E-state index is 10.8. The highest BCUT2D eigenvalue weighted by Gasteiger charge is 1.99. The van der Waals surface area contributed by atoms with E-state index in [0.29, 0.717) is 13.2 Å². The van der Waals surface area contributed by atoms with Crippen LogP contribution in [0, 0.1) is 0 Å². The summed E-state index contributed by atoms with van der Waals surface area (Å²) in [6, 6.07) is 0. The van der Waals surface area contributed by atoms with Gasteiger partial charge >= 0.3 is 5.97 Å². The van der Waals surface area contributed by atoms with E-state index in [9.17, 15) is 4.79 Å². The van der Waals surface area contributed by atoms with Gasteiger partial charge in [0.05, 0.1) is 19.8 Å². The van der Waals surface area contributed by atoms with Crippen molar-refractivity contribution in [3.63, 3.8) is 0 Å². The molecule has 0 bridgehead atoms. The second kappa shape index (κ2) is 8.49. The fourth-order valence-corrected chi connectivity index (χ4v) is 0.651. The van der Waals surface area contributed by atoms with Crippen molar-refractivity contribution in [1.82, 2.24) is 5.32 Å². The number of esters is 1. The molecule has 0 aromatic carbocycles. The van der Waals surface area contributed by atoms with Crippen molar-refractivity contribution in [1.29, 1.82) is 0 Å². The minimum Gasteiger partial charge on any atom is -0.465 e. The van der Waals surface area contributed by atoms with Crippen LogP contribution in [0.2, 0.25) is 0 Å². The third kappa shape index (κ3) is 7.50. The molecule has 0 radical (unpaired) electrons. The molecule has 0 aromatic rings. The molecule has 0 spiro atoms. The number of carbonyl (C=O) groups excluding carboxylic acids is 1. The minimum absolute atomic E-state index is 0.0439. The first-order valence-electron chi connectivity index (χ1n) is 4.28. The van der Waals surface area contributed by atoms with Crippen LogP contribution in [0.25, 0.3) is 0 Å². The molecule has 0 saturated carbocycles. The Kier molecular flexibility index (Phi) is 8.05. The van der Waals surface area contributed by atoms with E-state index in [1.807, 2.05) is 6.92 Å². The van der Waals surface area contributed by atoms with E-state index in [-0.39, 0.29) is 19.1 Å². The van der Waals surface area contributed by atoms with Gasteiger partial charge in [-0.2, -0.15) is 0 Å². The number of hydrogen-bond donors (Lipinski definition) is 2. The largest absolute Gasteiger partial charge is 0.465 e. The van der Waals surface area contributed by atoms with Crippen molar-refractivity contribution in [2.24, 2.45) is 0 Å². The van der Waals surface area contributed by atoms with Crippen molar-refractivity contribution in [2.45, 2.75) is 19.8 Å². The lowest BCUT2D eigenvalue weighted by Gasteiger charge is -2.03. The van der Waals surface area contributed by atoms with E-state index in [0.717, 1.165) is 12.8 Å². The van der Waals surface area contributed by atoms with Crippen LogP contribution in [0.3, 0.4) is 0 Å². The van der Waals surface area contributed by atoms with E-state index in [2.05, 4.69) is 5.32 Å². The topological polar surface area (TPSA) is 58.6 Å². The van der Waals surface area contributed by atoms with Gasteiger partial charge in [-0.25, -0.2) is 0 Å². The molecule has 0 saturated heterocycles. The van der Waals surface area contributed by atoms with Gasteiger partial charge in [-0.3, -0.25) is 4.79 Å². The van der Waals surface area contributed by atoms with Gasteiger partial charge in [0.2, 0.25) is 0 Å². The number of carbonyl (C=O) groups is 1. The summed E-state index contributed by atoms with van der Waals surface area (Å²) in [5.74, 6) is -0.253. The van der Waals surface area contributed by atoms with Gasteiger partial charge in [0, 0.05) is 6.54 Å². The fourth-order valence-electron chi connectivity index (χ4n) is 0.651. The Balaban J connectivity index is 3.10. The summed E-state index contributed by atoms with van der Waals surface area (Å²) in [5.41, 5.74) is 0. The summed E-state index contributed by atoms with van der Waals surface area (Å²) in [5, 5.41) is 11.1. The first-order valence-corrected chi connectivity index (χ1v) is 4.28. The van der Waals surface area contributed by atoms with E-state index < -0.39 is 0 Å². The van der Waals surface area contributed by atoms with Gasteiger partial charge in [-0.05, 0) is 6.42 Å². The first-order chi connectivity index (χ1) is 5.81. The predicted molar refractivity (Wildman–Crippen MR) is 45.8 cm³/mol. The molecule has 0 atom stereocenters. The Labute approximate surface area is 72.9 Å². The van der Waals surface area contributed by atoms with E-state index >= 15 is 0 Å². The highest BCUT2D eigenvalue weighted by Crippen LogP contribution is 1.87. The molecule has 4 heteroatoms. The molecule has 2 N–H and O–H groups in total. The maximum Gasteiger partial charge on any atom is 0.319 e. The Morgan fingerprint density at radius 1 is 1.58 bits per heavy atom. The minimum atomic E-state index is -0.253. The SMILES string of the molecule is CCCCOC(=O)CNCCO. The highest BCUT2D eigenvalue weighted by atomic mass is 16.5. The zero-order valence-corrected chi connectivity index (χ0v) is 7.51. The molecule has 0 aliphatic heterocycles. The molecule has 12 heavy (non-hydrogen) atoms. The molecule has 72 valence electrons. The Hall–Kier alpha value is -0.610. The molecule has 0 aliphatic carbocycles. The van der Waals surface area contributed by atoms with Crippen molar-refractivity contribution in [3.05, 3.63) is 0 Å². The lowest BCUT2D eigenvalue weighted by atomic mass is 10.4. The summed E-state index contributed by atoms with van der Waals surface area (Å²) in [6.45, 7) is 3.20. The lowest BCUT2D eigenvalue weighted by Crippen LogP contribution is -2.27. The zero-order chi connectivity index (χ0) is 9.23. The zero-order valence-electron chi connectivity index (χ0n) is 7.51. The molecule has 4 nitrogen and oxygen atoms in total. The lowest BCUT2D eigenvalue weighted by molar-refractivity contribution is -0.142.